The van der Waals surface area contributed by atoms with Crippen LogP contribution in [-0.2, 0) is 0 Å². The number of carbonyl (C=O) groups is 1. The van der Waals surface area contributed by atoms with E-state index in [1.54, 1.807) is 12.4 Å². The third-order valence-electron chi connectivity index (χ3n) is 2.45. The molecule has 0 radical (unpaired) electrons. The zero-order valence-electron chi connectivity index (χ0n) is 8.33. The number of aldehydes is 1. The fourth-order valence-electron chi connectivity index (χ4n) is 1.70. The van der Waals surface area contributed by atoms with E-state index >= 15 is 0 Å². The first-order valence-corrected chi connectivity index (χ1v) is 4.84. The Hall–Kier alpha value is -2.36. The van der Waals surface area contributed by atoms with Gasteiger partial charge in [0.2, 0.25) is 0 Å². The van der Waals surface area contributed by atoms with Gasteiger partial charge in [-0.1, -0.05) is 12.1 Å². The standard InChI is InChI=1S/C12H8N2O2/c15-6-10-5-9(7-16-10)14-8-13-11-3-1-2-4-12(11)14/h1-8H. The summed E-state index contributed by atoms with van der Waals surface area (Å²) in [5.41, 5.74) is 2.70. The van der Waals surface area contributed by atoms with Crippen LogP contribution in [0.4, 0.5) is 0 Å². The molecule has 2 aromatic heterocycles. The van der Waals surface area contributed by atoms with Crippen LogP contribution in [0, 0.1) is 0 Å². The van der Waals surface area contributed by atoms with Gasteiger partial charge in [-0.25, -0.2) is 4.98 Å². The van der Waals surface area contributed by atoms with Crippen molar-refractivity contribution in [1.82, 2.24) is 9.55 Å². The minimum Gasteiger partial charge on any atom is -0.459 e. The lowest BCUT2D eigenvalue weighted by atomic mass is 10.3. The summed E-state index contributed by atoms with van der Waals surface area (Å²) in [6, 6.07) is 9.47. The van der Waals surface area contributed by atoms with Crippen molar-refractivity contribution in [3.8, 4) is 5.69 Å². The lowest BCUT2D eigenvalue weighted by Gasteiger charge is -1.97. The molecule has 0 amide bonds. The fourth-order valence-corrected chi connectivity index (χ4v) is 1.70. The van der Waals surface area contributed by atoms with Crippen LogP contribution in [-0.4, -0.2) is 15.8 Å². The summed E-state index contributed by atoms with van der Waals surface area (Å²) in [6.07, 6.45) is 3.94. The van der Waals surface area contributed by atoms with Gasteiger partial charge in [0.25, 0.3) is 0 Å². The van der Waals surface area contributed by atoms with Crippen LogP contribution >= 0.6 is 0 Å². The summed E-state index contributed by atoms with van der Waals surface area (Å²) in [6.45, 7) is 0. The Morgan fingerprint density at radius 1 is 1.31 bits per heavy atom. The molecule has 78 valence electrons. The number of hydrogen-bond acceptors (Lipinski definition) is 3. The third-order valence-corrected chi connectivity index (χ3v) is 2.45. The molecule has 0 aliphatic heterocycles. The summed E-state index contributed by atoms with van der Waals surface area (Å²) >= 11 is 0. The minimum absolute atomic E-state index is 0.313. The van der Waals surface area contributed by atoms with Crippen molar-refractivity contribution in [2.75, 3.05) is 0 Å². The maximum absolute atomic E-state index is 10.5. The van der Waals surface area contributed by atoms with Gasteiger partial charge in [-0.2, -0.15) is 0 Å². The second kappa shape index (κ2) is 3.34. The zero-order chi connectivity index (χ0) is 11.0. The van der Waals surface area contributed by atoms with Crippen molar-refractivity contribution < 1.29 is 9.21 Å². The molecular weight excluding hydrogens is 204 g/mol. The molecular formula is C12H8N2O2. The van der Waals surface area contributed by atoms with E-state index in [9.17, 15) is 4.79 Å². The van der Waals surface area contributed by atoms with Crippen LogP contribution < -0.4 is 0 Å². The molecule has 0 spiro atoms. The van der Waals surface area contributed by atoms with Crippen molar-refractivity contribution in [1.29, 1.82) is 0 Å². The highest BCUT2D eigenvalue weighted by Crippen LogP contribution is 2.19. The van der Waals surface area contributed by atoms with Gasteiger partial charge in [0.1, 0.15) is 12.6 Å². The number of furan rings is 1. The highest BCUT2D eigenvalue weighted by atomic mass is 16.3. The average Bonchev–Trinajstić information content (AvgIpc) is 2.94. The minimum atomic E-state index is 0.313. The van der Waals surface area contributed by atoms with Crippen LogP contribution in [0.5, 0.6) is 0 Å². The fraction of sp³-hybridized carbons (Fsp3) is 0. The Labute approximate surface area is 91.1 Å². The molecule has 1 aromatic carbocycles. The molecule has 3 aromatic rings. The van der Waals surface area contributed by atoms with Crippen molar-refractivity contribution >= 4 is 17.3 Å². The Morgan fingerprint density at radius 3 is 3.00 bits per heavy atom. The topological polar surface area (TPSA) is 48.0 Å². The van der Waals surface area contributed by atoms with Gasteiger partial charge in [0.15, 0.2) is 12.0 Å². The Morgan fingerprint density at radius 2 is 2.19 bits per heavy atom. The number of aromatic nitrogens is 2. The molecule has 3 rings (SSSR count). The monoisotopic (exact) mass is 212 g/mol. The molecule has 16 heavy (non-hydrogen) atoms. The summed E-state index contributed by atoms with van der Waals surface area (Å²) < 4.78 is 6.95. The number of benzene rings is 1. The second-order valence-electron chi connectivity index (χ2n) is 3.43. The molecule has 0 aliphatic carbocycles. The molecule has 4 nitrogen and oxygen atoms in total. The first kappa shape index (κ1) is 8.91. The van der Waals surface area contributed by atoms with Crippen LogP contribution in [0.15, 0.2) is 47.3 Å². The van der Waals surface area contributed by atoms with Gasteiger partial charge in [-0.15, -0.1) is 0 Å². The van der Waals surface area contributed by atoms with Crippen molar-refractivity contribution in [2.24, 2.45) is 0 Å². The van der Waals surface area contributed by atoms with Gasteiger partial charge < -0.3 is 4.42 Å². The van der Waals surface area contributed by atoms with Gasteiger partial charge in [0, 0.05) is 6.07 Å². The van der Waals surface area contributed by atoms with Crippen molar-refractivity contribution in [3.63, 3.8) is 0 Å². The van der Waals surface area contributed by atoms with Gasteiger partial charge >= 0.3 is 0 Å². The lowest BCUT2D eigenvalue weighted by Crippen LogP contribution is -1.88. The number of para-hydroxylation sites is 2. The van der Waals surface area contributed by atoms with E-state index in [0.717, 1.165) is 16.7 Å². The van der Waals surface area contributed by atoms with Gasteiger partial charge in [-0.05, 0) is 12.1 Å². The van der Waals surface area contributed by atoms with Gasteiger partial charge in [0.05, 0.1) is 16.7 Å². The van der Waals surface area contributed by atoms with Crippen LogP contribution in [0.25, 0.3) is 16.7 Å². The highest BCUT2D eigenvalue weighted by molar-refractivity contribution is 5.78. The average molecular weight is 212 g/mol. The number of carbonyl (C=O) groups excluding carboxylic acids is 1. The molecule has 0 unspecified atom stereocenters. The largest absolute Gasteiger partial charge is 0.459 e. The normalized spacial score (nSPS) is 10.8. The van der Waals surface area contributed by atoms with E-state index in [1.807, 2.05) is 28.8 Å². The molecule has 0 bridgehead atoms. The summed E-state index contributed by atoms with van der Waals surface area (Å²) in [7, 11) is 0. The number of nitrogens with zero attached hydrogens (tertiary/aromatic N) is 2. The Bertz CT molecular complexity index is 652. The smallest absolute Gasteiger partial charge is 0.185 e. The molecule has 0 atom stereocenters. The van der Waals surface area contributed by atoms with Crippen molar-refractivity contribution in [2.45, 2.75) is 0 Å². The highest BCUT2D eigenvalue weighted by Gasteiger charge is 2.06. The molecule has 4 heteroatoms. The van der Waals surface area contributed by atoms with Crippen molar-refractivity contribution in [3.05, 3.63) is 48.7 Å². The number of rotatable bonds is 2. The summed E-state index contributed by atoms with van der Waals surface area (Å²) in [5.74, 6) is 0.313. The van der Waals surface area contributed by atoms with E-state index < -0.39 is 0 Å². The van der Waals surface area contributed by atoms with E-state index in [-0.39, 0.29) is 0 Å². The molecule has 0 saturated carbocycles. The Balaban J connectivity index is 2.21. The van der Waals surface area contributed by atoms with E-state index in [4.69, 9.17) is 4.42 Å². The Kier molecular flexibility index (Phi) is 1.86. The molecule has 2 heterocycles. The SMILES string of the molecule is O=Cc1cc(-n2cnc3ccccc32)co1. The molecule has 0 aliphatic rings. The zero-order valence-corrected chi connectivity index (χ0v) is 8.33. The molecule has 0 fully saturated rings. The molecule has 0 saturated heterocycles. The van der Waals surface area contributed by atoms with E-state index in [1.165, 1.54) is 6.26 Å². The number of fused-ring (bicyclic) bond motifs is 1. The predicted molar refractivity (Wildman–Crippen MR) is 58.7 cm³/mol. The second-order valence-corrected chi connectivity index (χ2v) is 3.43. The quantitative estimate of drug-likeness (QED) is 0.613. The maximum atomic E-state index is 10.5. The number of hydrogen-bond donors (Lipinski definition) is 0. The van der Waals surface area contributed by atoms with Gasteiger partial charge in [-0.3, -0.25) is 9.36 Å². The van der Waals surface area contributed by atoms with Crippen LogP contribution in [0.2, 0.25) is 0 Å². The number of imidazole rings is 1. The summed E-state index contributed by atoms with van der Waals surface area (Å²) in [5, 5.41) is 0. The summed E-state index contributed by atoms with van der Waals surface area (Å²) in [4.78, 5) is 14.8. The lowest BCUT2D eigenvalue weighted by molar-refractivity contribution is 0.110. The predicted octanol–water partition coefficient (Wildman–Crippen LogP) is 2.43. The van der Waals surface area contributed by atoms with E-state index in [0.29, 0.717) is 12.0 Å². The first-order valence-electron chi connectivity index (χ1n) is 4.84. The van der Waals surface area contributed by atoms with Crippen LogP contribution in [0.1, 0.15) is 10.6 Å². The third kappa shape index (κ3) is 1.24. The molecule has 0 N–H and O–H groups in total. The van der Waals surface area contributed by atoms with Crippen LogP contribution in [0.3, 0.4) is 0 Å². The maximum Gasteiger partial charge on any atom is 0.185 e. The first-order chi connectivity index (χ1) is 7.88. The van der Waals surface area contributed by atoms with E-state index in [2.05, 4.69) is 4.98 Å².